The summed E-state index contributed by atoms with van der Waals surface area (Å²) in [5, 5.41) is 0. The minimum atomic E-state index is -0.133. The molecule has 2 rings (SSSR count). The van der Waals surface area contributed by atoms with E-state index in [-0.39, 0.29) is 5.82 Å². The van der Waals surface area contributed by atoms with Crippen molar-refractivity contribution in [3.8, 4) is 0 Å². The summed E-state index contributed by atoms with van der Waals surface area (Å²) in [5.74, 6) is -0.133. The Kier molecular flexibility index (Phi) is 1.98. The van der Waals surface area contributed by atoms with Crippen LogP contribution in [-0.2, 0) is 6.42 Å². The molecule has 0 aliphatic carbocycles. The van der Waals surface area contributed by atoms with Crippen molar-refractivity contribution in [2.45, 2.75) is 26.3 Å². The predicted molar refractivity (Wildman–Crippen MR) is 52.6 cm³/mol. The molecule has 0 amide bonds. The molecule has 1 aliphatic rings. The first-order valence-corrected chi connectivity index (χ1v) is 4.73. The standard InChI is InChI=1S/C11H14FN/c1-8(2)13-6-5-9-3-4-10(12)7-11(9)13/h3-4,7-8H,5-6H2,1-2H3. The largest absolute Gasteiger partial charge is 0.368 e. The van der Waals surface area contributed by atoms with E-state index in [4.69, 9.17) is 0 Å². The minimum absolute atomic E-state index is 0.133. The molecule has 2 heteroatoms. The maximum absolute atomic E-state index is 13.0. The lowest BCUT2D eigenvalue weighted by Crippen LogP contribution is -2.28. The summed E-state index contributed by atoms with van der Waals surface area (Å²) < 4.78 is 13.0. The molecule has 1 aromatic carbocycles. The van der Waals surface area contributed by atoms with Gasteiger partial charge in [0.15, 0.2) is 0 Å². The molecule has 1 heterocycles. The molecule has 0 aromatic heterocycles. The van der Waals surface area contributed by atoms with Crippen LogP contribution in [-0.4, -0.2) is 12.6 Å². The van der Waals surface area contributed by atoms with Crippen LogP contribution in [0.25, 0.3) is 0 Å². The molecule has 70 valence electrons. The zero-order valence-electron chi connectivity index (χ0n) is 8.05. The number of hydrogen-bond donors (Lipinski definition) is 0. The molecule has 0 atom stereocenters. The lowest BCUT2D eigenvalue weighted by Gasteiger charge is -2.23. The van der Waals surface area contributed by atoms with Gasteiger partial charge in [0, 0.05) is 18.3 Å². The van der Waals surface area contributed by atoms with Crippen molar-refractivity contribution in [2.75, 3.05) is 11.4 Å². The smallest absolute Gasteiger partial charge is 0.125 e. The van der Waals surface area contributed by atoms with Crippen LogP contribution in [0.5, 0.6) is 0 Å². The summed E-state index contributed by atoms with van der Waals surface area (Å²) in [6.07, 6.45) is 1.05. The van der Waals surface area contributed by atoms with E-state index in [0.717, 1.165) is 18.7 Å². The molecule has 0 saturated heterocycles. The van der Waals surface area contributed by atoms with Crippen molar-refractivity contribution in [3.05, 3.63) is 29.6 Å². The van der Waals surface area contributed by atoms with E-state index in [9.17, 15) is 4.39 Å². The molecule has 1 aromatic rings. The monoisotopic (exact) mass is 179 g/mol. The molecule has 0 bridgehead atoms. The van der Waals surface area contributed by atoms with Crippen molar-refractivity contribution in [1.82, 2.24) is 0 Å². The maximum atomic E-state index is 13.0. The molecule has 1 aliphatic heterocycles. The molecule has 0 spiro atoms. The average Bonchev–Trinajstić information content (AvgIpc) is 2.46. The highest BCUT2D eigenvalue weighted by molar-refractivity contribution is 5.58. The van der Waals surface area contributed by atoms with Gasteiger partial charge in [-0.3, -0.25) is 0 Å². The Balaban J connectivity index is 2.40. The van der Waals surface area contributed by atoms with Crippen molar-refractivity contribution in [2.24, 2.45) is 0 Å². The second-order valence-corrected chi connectivity index (χ2v) is 3.81. The number of hydrogen-bond acceptors (Lipinski definition) is 1. The van der Waals surface area contributed by atoms with Gasteiger partial charge in [0.25, 0.3) is 0 Å². The molecule has 1 nitrogen and oxygen atoms in total. The van der Waals surface area contributed by atoms with E-state index in [2.05, 4.69) is 18.7 Å². The summed E-state index contributed by atoms with van der Waals surface area (Å²) in [4.78, 5) is 2.25. The lowest BCUT2D eigenvalue weighted by molar-refractivity contribution is 0.626. The number of rotatable bonds is 1. The highest BCUT2D eigenvalue weighted by Gasteiger charge is 2.21. The van der Waals surface area contributed by atoms with Gasteiger partial charge in [-0.05, 0) is 38.0 Å². The number of anilines is 1. The van der Waals surface area contributed by atoms with E-state index in [1.165, 1.54) is 5.56 Å². The highest BCUT2D eigenvalue weighted by Crippen LogP contribution is 2.29. The van der Waals surface area contributed by atoms with Crippen LogP contribution in [0.4, 0.5) is 10.1 Å². The van der Waals surface area contributed by atoms with Gasteiger partial charge in [-0.2, -0.15) is 0 Å². The van der Waals surface area contributed by atoms with Gasteiger partial charge in [-0.25, -0.2) is 4.39 Å². The van der Waals surface area contributed by atoms with Gasteiger partial charge in [0.1, 0.15) is 5.82 Å². The highest BCUT2D eigenvalue weighted by atomic mass is 19.1. The van der Waals surface area contributed by atoms with Gasteiger partial charge in [0.2, 0.25) is 0 Å². The van der Waals surface area contributed by atoms with Crippen LogP contribution >= 0.6 is 0 Å². The van der Waals surface area contributed by atoms with Crippen LogP contribution in [0.2, 0.25) is 0 Å². The van der Waals surface area contributed by atoms with Gasteiger partial charge in [0.05, 0.1) is 0 Å². The molecular formula is C11H14FN. The first-order valence-electron chi connectivity index (χ1n) is 4.73. The van der Waals surface area contributed by atoms with Crippen LogP contribution in [0, 0.1) is 5.82 Å². The van der Waals surface area contributed by atoms with Crippen molar-refractivity contribution in [1.29, 1.82) is 0 Å². The minimum Gasteiger partial charge on any atom is -0.368 e. The Bertz CT molecular complexity index is 320. The van der Waals surface area contributed by atoms with Crippen LogP contribution in [0.1, 0.15) is 19.4 Å². The summed E-state index contributed by atoms with van der Waals surface area (Å²) in [7, 11) is 0. The number of fused-ring (bicyclic) bond motifs is 1. The van der Waals surface area contributed by atoms with Crippen molar-refractivity contribution >= 4 is 5.69 Å². The third-order valence-electron chi connectivity index (χ3n) is 2.60. The molecule has 0 N–H and O–H groups in total. The van der Waals surface area contributed by atoms with Gasteiger partial charge in [-0.15, -0.1) is 0 Å². The molecule has 0 saturated carbocycles. The molecule has 0 unspecified atom stereocenters. The zero-order chi connectivity index (χ0) is 9.42. The summed E-state index contributed by atoms with van der Waals surface area (Å²) in [5.41, 5.74) is 2.35. The second kappa shape index (κ2) is 3.02. The second-order valence-electron chi connectivity index (χ2n) is 3.81. The summed E-state index contributed by atoms with van der Waals surface area (Å²) >= 11 is 0. The Hall–Kier alpha value is -1.05. The average molecular weight is 179 g/mol. The van der Waals surface area contributed by atoms with E-state index < -0.39 is 0 Å². The van der Waals surface area contributed by atoms with E-state index in [1.807, 2.05) is 6.07 Å². The maximum Gasteiger partial charge on any atom is 0.125 e. The summed E-state index contributed by atoms with van der Waals surface area (Å²) in [6, 6.07) is 5.54. The fourth-order valence-corrected chi connectivity index (χ4v) is 1.91. The first-order chi connectivity index (χ1) is 6.18. The Morgan fingerprint density at radius 2 is 2.15 bits per heavy atom. The lowest BCUT2D eigenvalue weighted by atomic mass is 10.1. The summed E-state index contributed by atoms with van der Waals surface area (Å²) in [6.45, 7) is 5.30. The van der Waals surface area contributed by atoms with E-state index in [1.54, 1.807) is 12.1 Å². The fraction of sp³-hybridized carbons (Fsp3) is 0.455. The quantitative estimate of drug-likeness (QED) is 0.640. The van der Waals surface area contributed by atoms with Gasteiger partial charge in [-0.1, -0.05) is 6.07 Å². The van der Waals surface area contributed by atoms with Crippen LogP contribution < -0.4 is 4.90 Å². The number of nitrogens with zero attached hydrogens (tertiary/aromatic N) is 1. The number of benzene rings is 1. The molecule has 0 radical (unpaired) electrons. The SMILES string of the molecule is CC(C)N1CCc2ccc(F)cc21. The predicted octanol–water partition coefficient (Wildman–Crippen LogP) is 2.60. The Morgan fingerprint density at radius 1 is 1.38 bits per heavy atom. The topological polar surface area (TPSA) is 3.24 Å². The van der Waals surface area contributed by atoms with Crippen molar-refractivity contribution in [3.63, 3.8) is 0 Å². The Morgan fingerprint density at radius 3 is 2.85 bits per heavy atom. The zero-order valence-corrected chi connectivity index (χ0v) is 8.05. The van der Waals surface area contributed by atoms with Crippen LogP contribution in [0.15, 0.2) is 18.2 Å². The number of halogens is 1. The van der Waals surface area contributed by atoms with Gasteiger partial charge < -0.3 is 4.90 Å². The Labute approximate surface area is 78.2 Å². The van der Waals surface area contributed by atoms with E-state index >= 15 is 0 Å². The third-order valence-corrected chi connectivity index (χ3v) is 2.60. The van der Waals surface area contributed by atoms with Crippen LogP contribution in [0.3, 0.4) is 0 Å². The molecule has 13 heavy (non-hydrogen) atoms. The fourth-order valence-electron chi connectivity index (χ4n) is 1.91. The van der Waals surface area contributed by atoms with Gasteiger partial charge >= 0.3 is 0 Å². The normalized spacial score (nSPS) is 15.2. The third kappa shape index (κ3) is 1.41. The first kappa shape index (κ1) is 8.54. The van der Waals surface area contributed by atoms with E-state index in [0.29, 0.717) is 6.04 Å². The van der Waals surface area contributed by atoms with Crippen molar-refractivity contribution < 1.29 is 4.39 Å². The molecular weight excluding hydrogens is 165 g/mol. The molecule has 0 fully saturated rings.